The molecule has 0 radical (unpaired) electrons. The quantitative estimate of drug-likeness (QED) is 0.664. The number of benzene rings is 2. The Morgan fingerprint density at radius 3 is 2.18 bits per heavy atom. The standard InChI is InChI=1S/C19H22N2O/c1-4-16-7-9-17(10-8-16)13-19(22)21-20-15(3)18-11-5-14(2)6-12-18/h5-12H,4,13H2,1-3H3,(H,21,22)/b20-15-. The van der Waals surface area contributed by atoms with Crippen molar-refractivity contribution in [1.82, 2.24) is 5.43 Å². The Morgan fingerprint density at radius 2 is 1.59 bits per heavy atom. The van der Waals surface area contributed by atoms with Crippen molar-refractivity contribution in [1.29, 1.82) is 0 Å². The van der Waals surface area contributed by atoms with E-state index >= 15 is 0 Å². The van der Waals surface area contributed by atoms with Gasteiger partial charge >= 0.3 is 0 Å². The van der Waals surface area contributed by atoms with Gasteiger partial charge in [0.2, 0.25) is 5.91 Å². The van der Waals surface area contributed by atoms with Gasteiger partial charge in [0.1, 0.15) is 0 Å². The van der Waals surface area contributed by atoms with Crippen LogP contribution in [0.5, 0.6) is 0 Å². The highest BCUT2D eigenvalue weighted by Gasteiger charge is 2.03. The summed E-state index contributed by atoms with van der Waals surface area (Å²) >= 11 is 0. The van der Waals surface area contributed by atoms with Crippen LogP contribution in [0.1, 0.15) is 36.1 Å². The van der Waals surface area contributed by atoms with Gasteiger partial charge in [-0.15, -0.1) is 0 Å². The average Bonchev–Trinajstić information content (AvgIpc) is 2.54. The van der Waals surface area contributed by atoms with Gasteiger partial charge in [-0.2, -0.15) is 5.10 Å². The zero-order valence-corrected chi connectivity index (χ0v) is 13.4. The zero-order valence-electron chi connectivity index (χ0n) is 13.4. The molecule has 0 bridgehead atoms. The summed E-state index contributed by atoms with van der Waals surface area (Å²) in [6.45, 7) is 6.05. The summed E-state index contributed by atoms with van der Waals surface area (Å²) in [7, 11) is 0. The molecule has 2 aromatic carbocycles. The second kappa shape index (κ2) is 7.55. The third-order valence-corrected chi connectivity index (χ3v) is 3.61. The lowest BCUT2D eigenvalue weighted by molar-refractivity contribution is -0.120. The van der Waals surface area contributed by atoms with Crippen LogP contribution < -0.4 is 5.43 Å². The molecule has 0 saturated carbocycles. The van der Waals surface area contributed by atoms with Gasteiger partial charge in [-0.3, -0.25) is 4.79 Å². The molecule has 3 heteroatoms. The van der Waals surface area contributed by atoms with Crippen molar-refractivity contribution < 1.29 is 4.79 Å². The molecule has 0 atom stereocenters. The van der Waals surface area contributed by atoms with E-state index < -0.39 is 0 Å². The van der Waals surface area contributed by atoms with E-state index in [2.05, 4.69) is 29.6 Å². The molecular weight excluding hydrogens is 272 g/mol. The number of hydrazone groups is 1. The van der Waals surface area contributed by atoms with Crippen LogP contribution in [0, 0.1) is 6.92 Å². The van der Waals surface area contributed by atoms with Crippen LogP contribution in [0.3, 0.4) is 0 Å². The molecule has 0 aliphatic rings. The molecule has 0 heterocycles. The van der Waals surface area contributed by atoms with E-state index in [1.54, 1.807) is 0 Å². The van der Waals surface area contributed by atoms with Gasteiger partial charge in [-0.05, 0) is 37.0 Å². The fourth-order valence-corrected chi connectivity index (χ4v) is 2.12. The predicted molar refractivity (Wildman–Crippen MR) is 91.1 cm³/mol. The molecule has 1 amide bonds. The molecule has 0 fully saturated rings. The summed E-state index contributed by atoms with van der Waals surface area (Å²) in [5.74, 6) is -0.101. The fourth-order valence-electron chi connectivity index (χ4n) is 2.12. The number of aryl methyl sites for hydroxylation is 2. The van der Waals surface area contributed by atoms with E-state index in [1.165, 1.54) is 11.1 Å². The number of carbonyl (C=O) groups is 1. The third-order valence-electron chi connectivity index (χ3n) is 3.61. The maximum absolute atomic E-state index is 11.9. The molecule has 0 aliphatic heterocycles. The van der Waals surface area contributed by atoms with Crippen molar-refractivity contribution in [3.8, 4) is 0 Å². The second-order valence-electron chi connectivity index (χ2n) is 5.45. The minimum atomic E-state index is -0.101. The lowest BCUT2D eigenvalue weighted by atomic mass is 10.1. The monoisotopic (exact) mass is 294 g/mol. The number of amides is 1. The Bertz CT molecular complexity index is 655. The van der Waals surface area contributed by atoms with E-state index in [4.69, 9.17) is 0 Å². The van der Waals surface area contributed by atoms with E-state index in [-0.39, 0.29) is 5.91 Å². The van der Waals surface area contributed by atoms with Gasteiger partial charge < -0.3 is 0 Å². The SMILES string of the molecule is CCc1ccc(CC(=O)N/N=C(/C)c2ccc(C)cc2)cc1. The second-order valence-corrected chi connectivity index (χ2v) is 5.45. The molecule has 0 unspecified atom stereocenters. The van der Waals surface area contributed by atoms with Gasteiger partial charge in [0.15, 0.2) is 0 Å². The van der Waals surface area contributed by atoms with Crippen molar-refractivity contribution in [2.45, 2.75) is 33.6 Å². The van der Waals surface area contributed by atoms with Crippen LogP contribution in [0.4, 0.5) is 0 Å². The highest BCUT2D eigenvalue weighted by atomic mass is 16.2. The first kappa shape index (κ1) is 16.0. The van der Waals surface area contributed by atoms with Gasteiger partial charge in [0.05, 0.1) is 12.1 Å². The van der Waals surface area contributed by atoms with E-state index in [0.29, 0.717) is 6.42 Å². The molecule has 114 valence electrons. The summed E-state index contributed by atoms with van der Waals surface area (Å²) in [5, 5.41) is 4.17. The van der Waals surface area contributed by atoms with Crippen LogP contribution in [0.15, 0.2) is 53.6 Å². The highest BCUT2D eigenvalue weighted by molar-refractivity contribution is 5.99. The van der Waals surface area contributed by atoms with Crippen molar-refractivity contribution in [2.24, 2.45) is 5.10 Å². The number of nitrogens with one attached hydrogen (secondary N) is 1. The number of rotatable bonds is 5. The fraction of sp³-hybridized carbons (Fsp3) is 0.263. The van der Waals surface area contributed by atoms with E-state index in [9.17, 15) is 4.79 Å². The average molecular weight is 294 g/mol. The lowest BCUT2D eigenvalue weighted by Crippen LogP contribution is -2.21. The minimum absolute atomic E-state index is 0.101. The molecule has 1 N–H and O–H groups in total. The maximum Gasteiger partial charge on any atom is 0.244 e. The van der Waals surface area contributed by atoms with E-state index in [0.717, 1.165) is 23.3 Å². The molecule has 3 nitrogen and oxygen atoms in total. The molecule has 2 aromatic rings. The Morgan fingerprint density at radius 1 is 1.00 bits per heavy atom. The normalized spacial score (nSPS) is 11.3. The number of hydrogen-bond acceptors (Lipinski definition) is 2. The smallest absolute Gasteiger partial charge is 0.244 e. The van der Waals surface area contributed by atoms with Crippen molar-refractivity contribution in [3.05, 3.63) is 70.8 Å². The Balaban J connectivity index is 1.93. The summed E-state index contributed by atoms with van der Waals surface area (Å²) in [6.07, 6.45) is 1.35. The van der Waals surface area contributed by atoms with Crippen LogP contribution in [-0.2, 0) is 17.6 Å². The molecule has 0 aliphatic carbocycles. The first-order valence-corrected chi connectivity index (χ1v) is 7.56. The number of nitrogens with zero attached hydrogens (tertiary/aromatic N) is 1. The van der Waals surface area contributed by atoms with Crippen molar-refractivity contribution >= 4 is 11.6 Å². The summed E-state index contributed by atoms with van der Waals surface area (Å²) < 4.78 is 0. The largest absolute Gasteiger partial charge is 0.273 e. The van der Waals surface area contributed by atoms with Crippen LogP contribution >= 0.6 is 0 Å². The van der Waals surface area contributed by atoms with Gasteiger partial charge in [0.25, 0.3) is 0 Å². The minimum Gasteiger partial charge on any atom is -0.273 e. The number of carbonyl (C=O) groups excluding carboxylic acids is 1. The molecule has 0 aromatic heterocycles. The summed E-state index contributed by atoms with van der Waals surface area (Å²) in [5.41, 5.74) is 7.91. The van der Waals surface area contributed by atoms with E-state index in [1.807, 2.05) is 50.2 Å². The first-order chi connectivity index (χ1) is 10.6. The van der Waals surface area contributed by atoms with Gasteiger partial charge in [-0.25, -0.2) is 5.43 Å². The van der Waals surface area contributed by atoms with Crippen LogP contribution in [0.2, 0.25) is 0 Å². The molecule has 2 rings (SSSR count). The number of hydrogen-bond donors (Lipinski definition) is 1. The first-order valence-electron chi connectivity index (χ1n) is 7.56. The Kier molecular flexibility index (Phi) is 5.48. The van der Waals surface area contributed by atoms with Crippen LogP contribution in [0.25, 0.3) is 0 Å². The van der Waals surface area contributed by atoms with Crippen molar-refractivity contribution in [3.63, 3.8) is 0 Å². The highest BCUT2D eigenvalue weighted by Crippen LogP contribution is 2.06. The lowest BCUT2D eigenvalue weighted by Gasteiger charge is -2.04. The molecule has 22 heavy (non-hydrogen) atoms. The topological polar surface area (TPSA) is 41.5 Å². The molecular formula is C19H22N2O. The van der Waals surface area contributed by atoms with Crippen LogP contribution in [-0.4, -0.2) is 11.6 Å². The summed E-state index contributed by atoms with van der Waals surface area (Å²) in [6, 6.07) is 16.2. The predicted octanol–water partition coefficient (Wildman–Crippen LogP) is 3.64. The molecule has 0 saturated heterocycles. The molecule has 0 spiro atoms. The maximum atomic E-state index is 11.9. The van der Waals surface area contributed by atoms with Gasteiger partial charge in [0, 0.05) is 0 Å². The Hall–Kier alpha value is -2.42. The van der Waals surface area contributed by atoms with Gasteiger partial charge in [-0.1, -0.05) is 61.0 Å². The van der Waals surface area contributed by atoms with Crippen molar-refractivity contribution in [2.75, 3.05) is 0 Å². The summed E-state index contributed by atoms with van der Waals surface area (Å²) in [4.78, 5) is 11.9. The Labute approximate surface area is 132 Å². The zero-order chi connectivity index (χ0) is 15.9. The third kappa shape index (κ3) is 4.55.